The van der Waals surface area contributed by atoms with Gasteiger partial charge in [0.1, 0.15) is 0 Å². The largest absolute Gasteiger partial charge is 0.481 e. The second kappa shape index (κ2) is 2.38. The summed E-state index contributed by atoms with van der Waals surface area (Å²) < 4.78 is 0. The van der Waals surface area contributed by atoms with Crippen molar-refractivity contribution in [1.29, 1.82) is 0 Å². The van der Waals surface area contributed by atoms with Gasteiger partial charge in [-0.3, -0.25) is 4.79 Å². The maximum absolute atomic E-state index is 10.2. The second-order valence-corrected chi connectivity index (χ2v) is 2.73. The summed E-state index contributed by atoms with van der Waals surface area (Å²) >= 11 is 0. The summed E-state index contributed by atoms with van der Waals surface area (Å²) in [5.74, 6) is -0.0918. The van der Waals surface area contributed by atoms with Crippen molar-refractivity contribution in [2.45, 2.75) is 26.2 Å². The number of carbonyl (C=O) groups is 1. The van der Waals surface area contributed by atoms with E-state index in [1.807, 2.05) is 0 Å². The Morgan fingerprint density at radius 1 is 1.78 bits per heavy atom. The normalized spacial score (nSPS) is 32.1. The molecule has 0 bridgehead atoms. The smallest absolute Gasteiger partial charge is 0.306 e. The Hall–Kier alpha value is -0.530. The molecule has 0 saturated heterocycles. The number of aliphatic carboxylic acids is 1. The molecule has 0 amide bonds. The van der Waals surface area contributed by atoms with Crippen molar-refractivity contribution >= 4 is 5.97 Å². The SMILES string of the molecule is CCC[C@H]1C[C@@H]1C(=O)O. The van der Waals surface area contributed by atoms with Gasteiger partial charge < -0.3 is 5.11 Å². The van der Waals surface area contributed by atoms with E-state index in [2.05, 4.69) is 6.92 Å². The van der Waals surface area contributed by atoms with Gasteiger partial charge in [-0.2, -0.15) is 0 Å². The highest BCUT2D eigenvalue weighted by molar-refractivity contribution is 5.73. The van der Waals surface area contributed by atoms with Gasteiger partial charge in [-0.1, -0.05) is 13.3 Å². The minimum Gasteiger partial charge on any atom is -0.481 e. The average molecular weight is 128 g/mol. The minimum absolute atomic E-state index is 0.00458. The lowest BCUT2D eigenvalue weighted by molar-refractivity contribution is -0.138. The van der Waals surface area contributed by atoms with Gasteiger partial charge in [-0.25, -0.2) is 0 Å². The summed E-state index contributed by atoms with van der Waals surface area (Å²) in [6.07, 6.45) is 3.13. The van der Waals surface area contributed by atoms with E-state index in [-0.39, 0.29) is 5.92 Å². The van der Waals surface area contributed by atoms with E-state index in [1.165, 1.54) is 0 Å². The maximum Gasteiger partial charge on any atom is 0.306 e. The minimum atomic E-state index is -0.603. The Kier molecular flexibility index (Phi) is 1.74. The lowest BCUT2D eigenvalue weighted by Gasteiger charge is -1.89. The molecule has 1 N–H and O–H groups in total. The topological polar surface area (TPSA) is 37.3 Å². The zero-order chi connectivity index (χ0) is 6.85. The Morgan fingerprint density at radius 3 is 2.78 bits per heavy atom. The number of carboxylic acids is 1. The number of carboxylic acid groups (broad SMARTS) is 1. The lowest BCUT2D eigenvalue weighted by atomic mass is 10.2. The summed E-state index contributed by atoms with van der Waals surface area (Å²) in [4.78, 5) is 10.2. The first kappa shape index (κ1) is 6.59. The maximum atomic E-state index is 10.2. The van der Waals surface area contributed by atoms with Crippen molar-refractivity contribution < 1.29 is 9.90 Å². The first-order chi connectivity index (χ1) is 4.25. The van der Waals surface area contributed by atoms with Crippen LogP contribution in [0.2, 0.25) is 0 Å². The molecule has 0 aromatic carbocycles. The highest BCUT2D eigenvalue weighted by atomic mass is 16.4. The molecule has 1 saturated carbocycles. The summed E-state index contributed by atoms with van der Waals surface area (Å²) in [6, 6.07) is 0. The van der Waals surface area contributed by atoms with Gasteiger partial charge in [0, 0.05) is 0 Å². The number of rotatable bonds is 3. The third-order valence-corrected chi connectivity index (χ3v) is 1.90. The van der Waals surface area contributed by atoms with Crippen LogP contribution in [0.25, 0.3) is 0 Å². The van der Waals surface area contributed by atoms with Crippen LogP contribution >= 0.6 is 0 Å². The molecule has 1 fully saturated rings. The van der Waals surface area contributed by atoms with Crippen LogP contribution in [-0.4, -0.2) is 11.1 Å². The van der Waals surface area contributed by atoms with Crippen molar-refractivity contribution in [2.24, 2.45) is 11.8 Å². The van der Waals surface area contributed by atoms with Crippen LogP contribution < -0.4 is 0 Å². The van der Waals surface area contributed by atoms with Gasteiger partial charge in [-0.15, -0.1) is 0 Å². The van der Waals surface area contributed by atoms with E-state index in [9.17, 15) is 4.79 Å². The number of hydrogen-bond donors (Lipinski definition) is 1. The molecule has 0 aliphatic heterocycles. The quantitative estimate of drug-likeness (QED) is 0.625. The highest BCUT2D eigenvalue weighted by Crippen LogP contribution is 2.41. The standard InChI is InChI=1S/C7H12O2/c1-2-3-5-4-6(5)7(8)9/h5-6H,2-4H2,1H3,(H,8,9)/t5-,6-/m0/s1. The molecule has 1 rings (SSSR count). The molecule has 0 unspecified atom stereocenters. The number of hydrogen-bond acceptors (Lipinski definition) is 1. The fourth-order valence-electron chi connectivity index (χ4n) is 1.24. The van der Waals surface area contributed by atoms with Crippen molar-refractivity contribution in [2.75, 3.05) is 0 Å². The molecule has 1 aliphatic carbocycles. The molecule has 0 spiro atoms. The molecule has 2 atom stereocenters. The highest BCUT2D eigenvalue weighted by Gasteiger charge is 2.41. The van der Waals surface area contributed by atoms with E-state index in [0.29, 0.717) is 5.92 Å². The third-order valence-electron chi connectivity index (χ3n) is 1.90. The van der Waals surface area contributed by atoms with E-state index >= 15 is 0 Å². The Balaban J connectivity index is 2.17. The summed E-state index contributed by atoms with van der Waals surface area (Å²) in [5.41, 5.74) is 0. The van der Waals surface area contributed by atoms with Crippen LogP contribution in [0.4, 0.5) is 0 Å². The van der Waals surface area contributed by atoms with E-state index in [0.717, 1.165) is 19.3 Å². The molecule has 9 heavy (non-hydrogen) atoms. The molecule has 52 valence electrons. The van der Waals surface area contributed by atoms with Gasteiger partial charge in [0.2, 0.25) is 0 Å². The Labute approximate surface area is 54.9 Å². The van der Waals surface area contributed by atoms with Crippen LogP contribution in [0, 0.1) is 11.8 Å². The second-order valence-electron chi connectivity index (χ2n) is 2.73. The zero-order valence-electron chi connectivity index (χ0n) is 5.63. The van der Waals surface area contributed by atoms with Crippen molar-refractivity contribution in [3.8, 4) is 0 Å². The van der Waals surface area contributed by atoms with E-state index < -0.39 is 5.97 Å². The van der Waals surface area contributed by atoms with Gasteiger partial charge in [-0.05, 0) is 18.8 Å². The first-order valence-electron chi connectivity index (χ1n) is 3.48. The molecule has 0 radical (unpaired) electrons. The van der Waals surface area contributed by atoms with Gasteiger partial charge in [0.05, 0.1) is 5.92 Å². The van der Waals surface area contributed by atoms with Crippen molar-refractivity contribution in [3.63, 3.8) is 0 Å². The molecular formula is C7H12O2. The summed E-state index contributed by atoms with van der Waals surface area (Å²) in [5, 5.41) is 8.45. The van der Waals surface area contributed by atoms with Crippen LogP contribution in [0.15, 0.2) is 0 Å². The zero-order valence-corrected chi connectivity index (χ0v) is 5.63. The Morgan fingerprint density at radius 2 is 2.44 bits per heavy atom. The predicted molar refractivity (Wildman–Crippen MR) is 34.1 cm³/mol. The van der Waals surface area contributed by atoms with Crippen LogP contribution in [0.1, 0.15) is 26.2 Å². The fourth-order valence-corrected chi connectivity index (χ4v) is 1.24. The predicted octanol–water partition coefficient (Wildman–Crippen LogP) is 1.51. The van der Waals surface area contributed by atoms with Crippen molar-refractivity contribution in [3.05, 3.63) is 0 Å². The monoisotopic (exact) mass is 128 g/mol. The lowest BCUT2D eigenvalue weighted by Crippen LogP contribution is -1.98. The molecule has 0 aromatic heterocycles. The molecule has 2 nitrogen and oxygen atoms in total. The molecule has 2 heteroatoms. The van der Waals surface area contributed by atoms with E-state index in [4.69, 9.17) is 5.11 Å². The van der Waals surface area contributed by atoms with Crippen LogP contribution in [-0.2, 0) is 4.79 Å². The van der Waals surface area contributed by atoms with E-state index in [1.54, 1.807) is 0 Å². The van der Waals surface area contributed by atoms with Crippen LogP contribution in [0.5, 0.6) is 0 Å². The fraction of sp³-hybridized carbons (Fsp3) is 0.857. The van der Waals surface area contributed by atoms with Crippen LogP contribution in [0.3, 0.4) is 0 Å². The van der Waals surface area contributed by atoms with Gasteiger partial charge >= 0.3 is 5.97 Å². The first-order valence-corrected chi connectivity index (χ1v) is 3.48. The third kappa shape index (κ3) is 1.44. The average Bonchev–Trinajstić information content (AvgIpc) is 2.47. The molecular weight excluding hydrogens is 116 g/mol. The van der Waals surface area contributed by atoms with Gasteiger partial charge in [0.25, 0.3) is 0 Å². The Bertz CT molecular complexity index is 120. The van der Waals surface area contributed by atoms with Crippen molar-refractivity contribution in [1.82, 2.24) is 0 Å². The van der Waals surface area contributed by atoms with Gasteiger partial charge in [0.15, 0.2) is 0 Å². The molecule has 0 heterocycles. The molecule has 1 aliphatic rings. The molecule has 0 aromatic rings. The summed E-state index contributed by atoms with van der Waals surface area (Å²) in [6.45, 7) is 2.09. The summed E-state index contributed by atoms with van der Waals surface area (Å²) in [7, 11) is 0.